The van der Waals surface area contributed by atoms with Crippen molar-refractivity contribution in [2.24, 2.45) is 0 Å². The first-order chi connectivity index (χ1) is 9.04. The van der Waals surface area contributed by atoms with E-state index in [4.69, 9.17) is 11.6 Å². The molecule has 98 valence electrons. The Labute approximate surface area is 119 Å². The second-order valence-corrected chi connectivity index (χ2v) is 5.90. The first-order valence-electron chi connectivity index (χ1n) is 6.64. The smallest absolute Gasteiger partial charge is 0.0455 e. The van der Waals surface area contributed by atoms with Crippen LogP contribution in [0.2, 0.25) is 5.02 Å². The SMILES string of the molecule is Cc1cc2c(cc1C)CN(c1ccc(C)c(Cl)c1)C2. The van der Waals surface area contributed by atoms with Crippen molar-refractivity contribution in [1.82, 2.24) is 0 Å². The summed E-state index contributed by atoms with van der Waals surface area (Å²) in [5, 5.41) is 0.848. The van der Waals surface area contributed by atoms with E-state index in [1.165, 1.54) is 27.9 Å². The Hall–Kier alpha value is -1.47. The number of hydrogen-bond donors (Lipinski definition) is 0. The third-order valence-corrected chi connectivity index (χ3v) is 4.47. The lowest BCUT2D eigenvalue weighted by Crippen LogP contribution is -2.14. The quantitative estimate of drug-likeness (QED) is 0.721. The summed E-state index contributed by atoms with van der Waals surface area (Å²) in [7, 11) is 0. The Kier molecular flexibility index (Phi) is 3.02. The van der Waals surface area contributed by atoms with Crippen LogP contribution >= 0.6 is 11.6 Å². The molecule has 0 amide bonds. The maximum Gasteiger partial charge on any atom is 0.0455 e. The molecule has 2 heteroatoms. The van der Waals surface area contributed by atoms with Crippen molar-refractivity contribution in [3.63, 3.8) is 0 Å². The number of halogens is 1. The van der Waals surface area contributed by atoms with Gasteiger partial charge in [-0.15, -0.1) is 0 Å². The molecule has 1 nitrogen and oxygen atoms in total. The van der Waals surface area contributed by atoms with Gasteiger partial charge in [-0.1, -0.05) is 29.8 Å². The van der Waals surface area contributed by atoms with E-state index < -0.39 is 0 Å². The Morgan fingerprint density at radius 1 is 0.842 bits per heavy atom. The van der Waals surface area contributed by atoms with Crippen molar-refractivity contribution >= 4 is 17.3 Å². The van der Waals surface area contributed by atoms with Gasteiger partial charge in [0, 0.05) is 23.8 Å². The summed E-state index contributed by atoms with van der Waals surface area (Å²) < 4.78 is 0. The number of nitrogens with zero attached hydrogens (tertiary/aromatic N) is 1. The first kappa shape index (κ1) is 12.6. The lowest BCUT2D eigenvalue weighted by atomic mass is 10.0. The summed E-state index contributed by atoms with van der Waals surface area (Å²) in [6.45, 7) is 8.37. The summed E-state index contributed by atoms with van der Waals surface area (Å²) in [6.07, 6.45) is 0. The summed E-state index contributed by atoms with van der Waals surface area (Å²) in [5.41, 5.74) is 7.99. The molecule has 0 N–H and O–H groups in total. The van der Waals surface area contributed by atoms with E-state index in [0.29, 0.717) is 0 Å². The Balaban J connectivity index is 1.93. The molecule has 3 rings (SSSR count). The topological polar surface area (TPSA) is 3.24 Å². The minimum Gasteiger partial charge on any atom is -0.363 e. The standard InChI is InChI=1S/C17H18ClN/c1-11-4-5-16(8-17(11)18)19-9-14-6-12(2)13(3)7-15(14)10-19/h4-8H,9-10H2,1-3H3. The van der Waals surface area contributed by atoms with Gasteiger partial charge in [-0.2, -0.15) is 0 Å². The highest BCUT2D eigenvalue weighted by Crippen LogP contribution is 2.32. The van der Waals surface area contributed by atoms with Crippen molar-refractivity contribution < 1.29 is 0 Å². The molecule has 2 aromatic rings. The van der Waals surface area contributed by atoms with Gasteiger partial charge in [-0.3, -0.25) is 0 Å². The van der Waals surface area contributed by atoms with Gasteiger partial charge in [0.05, 0.1) is 0 Å². The molecule has 1 aliphatic rings. The third-order valence-electron chi connectivity index (χ3n) is 4.06. The summed E-state index contributed by atoms with van der Waals surface area (Å²) in [5.74, 6) is 0. The van der Waals surface area contributed by atoms with Gasteiger partial charge >= 0.3 is 0 Å². The van der Waals surface area contributed by atoms with Crippen LogP contribution < -0.4 is 4.90 Å². The molecule has 0 spiro atoms. The Morgan fingerprint density at radius 3 is 1.95 bits per heavy atom. The van der Waals surface area contributed by atoms with Gasteiger partial charge in [0.25, 0.3) is 0 Å². The van der Waals surface area contributed by atoms with Gasteiger partial charge in [-0.05, 0) is 60.7 Å². The normalized spacial score (nSPS) is 13.8. The zero-order chi connectivity index (χ0) is 13.6. The molecule has 0 saturated carbocycles. The molecule has 0 aromatic heterocycles. The number of benzene rings is 2. The van der Waals surface area contributed by atoms with Crippen molar-refractivity contribution in [2.75, 3.05) is 4.90 Å². The summed E-state index contributed by atoms with van der Waals surface area (Å²) in [4.78, 5) is 2.38. The molecule has 0 fully saturated rings. The Morgan fingerprint density at radius 2 is 1.42 bits per heavy atom. The molecule has 2 aromatic carbocycles. The molecule has 0 bridgehead atoms. The van der Waals surface area contributed by atoms with E-state index in [9.17, 15) is 0 Å². The van der Waals surface area contributed by atoms with E-state index in [1.54, 1.807) is 0 Å². The van der Waals surface area contributed by atoms with E-state index in [1.807, 2.05) is 6.92 Å². The number of rotatable bonds is 1. The van der Waals surface area contributed by atoms with Crippen molar-refractivity contribution in [3.05, 3.63) is 63.2 Å². The van der Waals surface area contributed by atoms with Crippen LogP contribution in [0.25, 0.3) is 0 Å². The van der Waals surface area contributed by atoms with Crippen LogP contribution in [0.3, 0.4) is 0 Å². The van der Waals surface area contributed by atoms with E-state index in [-0.39, 0.29) is 0 Å². The van der Waals surface area contributed by atoms with Crippen LogP contribution in [0.15, 0.2) is 30.3 Å². The zero-order valence-corrected chi connectivity index (χ0v) is 12.4. The molecule has 1 heterocycles. The highest BCUT2D eigenvalue weighted by molar-refractivity contribution is 6.31. The van der Waals surface area contributed by atoms with E-state index in [2.05, 4.69) is 49.1 Å². The molecule has 0 unspecified atom stereocenters. The average molecular weight is 272 g/mol. The van der Waals surface area contributed by atoms with E-state index in [0.717, 1.165) is 23.7 Å². The molecule has 19 heavy (non-hydrogen) atoms. The number of aryl methyl sites for hydroxylation is 3. The lowest BCUT2D eigenvalue weighted by molar-refractivity contribution is 0.880. The third kappa shape index (κ3) is 2.23. The molecule has 0 radical (unpaired) electrons. The maximum absolute atomic E-state index is 6.23. The van der Waals surface area contributed by atoms with Gasteiger partial charge in [0.1, 0.15) is 0 Å². The number of anilines is 1. The van der Waals surface area contributed by atoms with Crippen LogP contribution in [0.1, 0.15) is 27.8 Å². The molecule has 0 aliphatic carbocycles. The molecule has 0 saturated heterocycles. The van der Waals surface area contributed by atoms with Crippen molar-refractivity contribution in [3.8, 4) is 0 Å². The first-order valence-corrected chi connectivity index (χ1v) is 7.02. The Bertz CT molecular complexity index is 615. The van der Waals surface area contributed by atoms with Gasteiger partial charge in [0.15, 0.2) is 0 Å². The monoisotopic (exact) mass is 271 g/mol. The second kappa shape index (κ2) is 4.57. The van der Waals surface area contributed by atoms with Gasteiger partial charge in [0.2, 0.25) is 0 Å². The van der Waals surface area contributed by atoms with Crippen molar-refractivity contribution in [1.29, 1.82) is 0 Å². The minimum atomic E-state index is 0.848. The number of hydrogen-bond acceptors (Lipinski definition) is 1. The van der Waals surface area contributed by atoms with Gasteiger partial charge in [-0.25, -0.2) is 0 Å². The largest absolute Gasteiger partial charge is 0.363 e. The fraction of sp³-hybridized carbons (Fsp3) is 0.294. The summed E-state index contributed by atoms with van der Waals surface area (Å²) in [6, 6.07) is 11.0. The highest BCUT2D eigenvalue weighted by atomic mass is 35.5. The molecule has 1 aliphatic heterocycles. The fourth-order valence-electron chi connectivity index (χ4n) is 2.66. The van der Waals surface area contributed by atoms with Crippen LogP contribution in [0.4, 0.5) is 5.69 Å². The molecular formula is C17H18ClN. The predicted octanol–water partition coefficient (Wildman–Crippen LogP) is 4.79. The summed E-state index contributed by atoms with van der Waals surface area (Å²) >= 11 is 6.23. The predicted molar refractivity (Wildman–Crippen MR) is 82.0 cm³/mol. The van der Waals surface area contributed by atoms with Crippen LogP contribution in [0, 0.1) is 20.8 Å². The van der Waals surface area contributed by atoms with Crippen LogP contribution in [0.5, 0.6) is 0 Å². The lowest BCUT2D eigenvalue weighted by Gasteiger charge is -2.18. The van der Waals surface area contributed by atoms with E-state index >= 15 is 0 Å². The highest BCUT2D eigenvalue weighted by Gasteiger charge is 2.20. The minimum absolute atomic E-state index is 0.848. The van der Waals surface area contributed by atoms with Crippen LogP contribution in [-0.2, 0) is 13.1 Å². The number of fused-ring (bicyclic) bond motifs is 1. The fourth-order valence-corrected chi connectivity index (χ4v) is 2.83. The van der Waals surface area contributed by atoms with Crippen molar-refractivity contribution in [2.45, 2.75) is 33.9 Å². The molecule has 0 atom stereocenters. The second-order valence-electron chi connectivity index (χ2n) is 5.49. The average Bonchev–Trinajstić information content (AvgIpc) is 2.76. The zero-order valence-electron chi connectivity index (χ0n) is 11.6. The molecular weight excluding hydrogens is 254 g/mol. The van der Waals surface area contributed by atoms with Crippen LogP contribution in [-0.4, -0.2) is 0 Å². The maximum atomic E-state index is 6.23. The van der Waals surface area contributed by atoms with Gasteiger partial charge < -0.3 is 4.90 Å².